The Morgan fingerprint density at radius 3 is 2.59 bits per heavy atom. The van der Waals surface area contributed by atoms with Crippen LogP contribution in [0.3, 0.4) is 0 Å². The summed E-state index contributed by atoms with van der Waals surface area (Å²) < 4.78 is 11.1. The number of carbonyl (C=O) groups is 1. The van der Waals surface area contributed by atoms with Crippen molar-refractivity contribution in [2.45, 2.75) is 12.6 Å². The second kappa shape index (κ2) is 9.98. The number of nitrogens with zero attached hydrogens (tertiary/aromatic N) is 2. The standard InChI is InChI=1S/C24H21ClN4O3/c1-31-18-11-7-8-16(14-18)15-26-24(30)27-21(17-9-3-2-4-10-17)23-29-28-22(32-23)19-12-5-6-13-20(19)25/h2-14,21H,15H2,1H3,(H2,26,27,30). The minimum Gasteiger partial charge on any atom is -0.497 e. The van der Waals surface area contributed by atoms with Gasteiger partial charge in [0.05, 0.1) is 17.7 Å². The van der Waals surface area contributed by atoms with Gasteiger partial charge in [0.1, 0.15) is 11.8 Å². The van der Waals surface area contributed by atoms with E-state index in [0.29, 0.717) is 17.1 Å². The lowest BCUT2D eigenvalue weighted by Gasteiger charge is -2.16. The maximum Gasteiger partial charge on any atom is 0.315 e. The molecule has 0 aliphatic carbocycles. The van der Waals surface area contributed by atoms with E-state index in [1.165, 1.54) is 0 Å². The average molecular weight is 449 g/mol. The number of nitrogens with one attached hydrogen (secondary N) is 2. The lowest BCUT2D eigenvalue weighted by molar-refractivity contribution is 0.236. The average Bonchev–Trinajstić information content (AvgIpc) is 3.32. The SMILES string of the molecule is COc1cccc(CNC(=O)NC(c2ccccc2)c2nnc(-c3ccccc3Cl)o2)c1. The molecule has 0 radical (unpaired) electrons. The molecular weight excluding hydrogens is 428 g/mol. The highest BCUT2D eigenvalue weighted by Crippen LogP contribution is 2.29. The Labute approximate surface area is 190 Å². The second-order valence-electron chi connectivity index (χ2n) is 6.95. The molecule has 0 saturated heterocycles. The number of hydrogen-bond donors (Lipinski definition) is 2. The molecule has 8 heteroatoms. The maximum atomic E-state index is 12.7. The molecule has 1 aromatic heterocycles. The third kappa shape index (κ3) is 5.07. The van der Waals surface area contributed by atoms with Crippen LogP contribution >= 0.6 is 11.6 Å². The lowest BCUT2D eigenvalue weighted by atomic mass is 10.1. The van der Waals surface area contributed by atoms with Crippen LogP contribution in [0.1, 0.15) is 23.1 Å². The third-order valence-corrected chi connectivity index (χ3v) is 5.12. The Morgan fingerprint density at radius 1 is 1.03 bits per heavy atom. The second-order valence-corrected chi connectivity index (χ2v) is 7.35. The van der Waals surface area contributed by atoms with E-state index >= 15 is 0 Å². The summed E-state index contributed by atoms with van der Waals surface area (Å²) in [5.41, 5.74) is 2.34. The number of hydrogen-bond acceptors (Lipinski definition) is 5. The molecule has 4 aromatic rings. The molecule has 2 amide bonds. The van der Waals surface area contributed by atoms with Crippen LogP contribution in [0.2, 0.25) is 5.02 Å². The van der Waals surface area contributed by atoms with Crippen molar-refractivity contribution in [3.05, 3.63) is 101 Å². The van der Waals surface area contributed by atoms with Crippen LogP contribution in [0.25, 0.3) is 11.5 Å². The quantitative estimate of drug-likeness (QED) is 0.416. The molecule has 3 aromatic carbocycles. The summed E-state index contributed by atoms with van der Waals surface area (Å²) in [5.74, 6) is 1.26. The first-order chi connectivity index (χ1) is 15.6. The largest absolute Gasteiger partial charge is 0.497 e. The van der Waals surface area contributed by atoms with Gasteiger partial charge in [-0.2, -0.15) is 0 Å². The smallest absolute Gasteiger partial charge is 0.315 e. The highest BCUT2D eigenvalue weighted by Gasteiger charge is 2.24. The first-order valence-electron chi connectivity index (χ1n) is 9.94. The molecule has 0 aliphatic rings. The van der Waals surface area contributed by atoms with E-state index in [9.17, 15) is 4.79 Å². The zero-order valence-electron chi connectivity index (χ0n) is 17.3. The summed E-state index contributed by atoms with van der Waals surface area (Å²) >= 11 is 6.25. The van der Waals surface area contributed by atoms with Gasteiger partial charge in [-0.3, -0.25) is 0 Å². The molecule has 7 nitrogen and oxygen atoms in total. The Morgan fingerprint density at radius 2 is 1.81 bits per heavy atom. The predicted molar refractivity (Wildman–Crippen MR) is 121 cm³/mol. The Kier molecular flexibility index (Phi) is 6.67. The topological polar surface area (TPSA) is 89.3 Å². The van der Waals surface area contributed by atoms with Gasteiger partial charge in [0.25, 0.3) is 0 Å². The Hall–Kier alpha value is -3.84. The monoisotopic (exact) mass is 448 g/mol. The number of amides is 2. The minimum absolute atomic E-state index is 0.252. The van der Waals surface area contributed by atoms with Gasteiger partial charge in [-0.25, -0.2) is 4.79 Å². The van der Waals surface area contributed by atoms with Crippen molar-refractivity contribution in [3.63, 3.8) is 0 Å². The number of halogens is 1. The van der Waals surface area contributed by atoms with E-state index in [1.54, 1.807) is 19.2 Å². The fourth-order valence-corrected chi connectivity index (χ4v) is 3.39. The van der Waals surface area contributed by atoms with Gasteiger partial charge >= 0.3 is 6.03 Å². The van der Waals surface area contributed by atoms with Crippen LogP contribution in [-0.2, 0) is 6.54 Å². The first kappa shape index (κ1) is 21.4. The Bertz CT molecular complexity index is 1200. The molecule has 162 valence electrons. The number of urea groups is 1. The number of benzene rings is 3. The number of aromatic nitrogens is 2. The highest BCUT2D eigenvalue weighted by molar-refractivity contribution is 6.33. The molecular formula is C24H21ClN4O3. The van der Waals surface area contributed by atoms with Crippen molar-refractivity contribution in [3.8, 4) is 17.2 Å². The van der Waals surface area contributed by atoms with E-state index in [4.69, 9.17) is 20.8 Å². The third-order valence-electron chi connectivity index (χ3n) is 4.79. The molecule has 2 N–H and O–H groups in total. The van der Waals surface area contributed by atoms with Crippen molar-refractivity contribution in [1.82, 2.24) is 20.8 Å². The fourth-order valence-electron chi connectivity index (χ4n) is 3.17. The van der Waals surface area contributed by atoms with Crippen LogP contribution in [0.15, 0.2) is 83.3 Å². The molecule has 1 atom stereocenters. The molecule has 0 saturated carbocycles. The van der Waals surface area contributed by atoms with Crippen molar-refractivity contribution in [1.29, 1.82) is 0 Å². The van der Waals surface area contributed by atoms with E-state index in [2.05, 4.69) is 20.8 Å². The summed E-state index contributed by atoms with van der Waals surface area (Å²) in [6.45, 7) is 0.333. The van der Waals surface area contributed by atoms with Crippen LogP contribution in [0.4, 0.5) is 4.79 Å². The highest BCUT2D eigenvalue weighted by atomic mass is 35.5. The fraction of sp³-hybridized carbons (Fsp3) is 0.125. The van der Waals surface area contributed by atoms with Crippen LogP contribution in [0.5, 0.6) is 5.75 Å². The maximum absolute atomic E-state index is 12.7. The van der Waals surface area contributed by atoms with Gasteiger partial charge in [0.2, 0.25) is 11.8 Å². The molecule has 0 fully saturated rings. The van der Waals surface area contributed by atoms with Crippen molar-refractivity contribution >= 4 is 17.6 Å². The van der Waals surface area contributed by atoms with Gasteiger partial charge in [-0.1, -0.05) is 66.2 Å². The zero-order chi connectivity index (χ0) is 22.3. The van der Waals surface area contributed by atoms with Crippen molar-refractivity contribution < 1.29 is 13.9 Å². The molecule has 1 heterocycles. The predicted octanol–water partition coefficient (Wildman–Crippen LogP) is 4.99. The molecule has 0 aliphatic heterocycles. The van der Waals surface area contributed by atoms with Gasteiger partial charge in [-0.15, -0.1) is 10.2 Å². The number of methoxy groups -OCH3 is 1. The number of ether oxygens (including phenoxy) is 1. The summed E-state index contributed by atoms with van der Waals surface area (Å²) in [5, 5.41) is 14.6. The van der Waals surface area contributed by atoms with Crippen molar-refractivity contribution in [2.24, 2.45) is 0 Å². The molecule has 0 spiro atoms. The number of rotatable bonds is 7. The zero-order valence-corrected chi connectivity index (χ0v) is 18.0. The van der Waals surface area contributed by atoms with E-state index < -0.39 is 6.04 Å². The van der Waals surface area contributed by atoms with E-state index in [1.807, 2.05) is 66.7 Å². The van der Waals surface area contributed by atoms with Crippen LogP contribution < -0.4 is 15.4 Å². The first-order valence-corrected chi connectivity index (χ1v) is 10.3. The number of carbonyl (C=O) groups excluding carboxylic acids is 1. The van der Waals surface area contributed by atoms with Crippen LogP contribution in [-0.4, -0.2) is 23.3 Å². The van der Waals surface area contributed by atoms with Gasteiger partial charge in [-0.05, 0) is 35.4 Å². The normalized spacial score (nSPS) is 11.6. The van der Waals surface area contributed by atoms with Gasteiger partial charge in [0.15, 0.2) is 0 Å². The Balaban J connectivity index is 1.53. The van der Waals surface area contributed by atoms with E-state index in [0.717, 1.165) is 16.9 Å². The molecule has 4 rings (SSSR count). The molecule has 1 unspecified atom stereocenters. The minimum atomic E-state index is -0.634. The molecule has 0 bridgehead atoms. The van der Waals surface area contributed by atoms with Gasteiger partial charge in [0, 0.05) is 6.54 Å². The summed E-state index contributed by atoms with van der Waals surface area (Å²) in [7, 11) is 1.60. The van der Waals surface area contributed by atoms with Crippen molar-refractivity contribution in [2.75, 3.05) is 7.11 Å². The van der Waals surface area contributed by atoms with E-state index in [-0.39, 0.29) is 17.8 Å². The van der Waals surface area contributed by atoms with Gasteiger partial charge < -0.3 is 19.8 Å². The lowest BCUT2D eigenvalue weighted by Crippen LogP contribution is -2.38. The summed E-state index contributed by atoms with van der Waals surface area (Å²) in [6.07, 6.45) is 0. The molecule has 32 heavy (non-hydrogen) atoms. The summed E-state index contributed by atoms with van der Waals surface area (Å²) in [4.78, 5) is 12.7. The summed E-state index contributed by atoms with van der Waals surface area (Å²) in [6, 6.07) is 23.1. The van der Waals surface area contributed by atoms with Crippen LogP contribution in [0, 0.1) is 0 Å².